The topological polar surface area (TPSA) is 77.2 Å². The van der Waals surface area contributed by atoms with Gasteiger partial charge in [0.2, 0.25) is 0 Å². The molecule has 1 amide bonds. The van der Waals surface area contributed by atoms with E-state index in [2.05, 4.69) is 15.5 Å². The van der Waals surface area contributed by atoms with Gasteiger partial charge in [-0.05, 0) is 12.1 Å². The molecule has 2 heterocycles. The molecule has 0 spiro atoms. The highest BCUT2D eigenvalue weighted by molar-refractivity contribution is 5.99. The number of benzene rings is 1. The quantitative estimate of drug-likeness (QED) is 0.755. The molecule has 1 N–H and O–H groups in total. The van der Waals surface area contributed by atoms with Crippen LogP contribution in [-0.2, 0) is 4.74 Å². The van der Waals surface area contributed by atoms with Crippen molar-refractivity contribution in [2.24, 2.45) is 0 Å². The summed E-state index contributed by atoms with van der Waals surface area (Å²) in [4.78, 5) is 16.9. The lowest BCUT2D eigenvalue weighted by Gasteiger charge is -2.17. The molecule has 0 unspecified atom stereocenters. The van der Waals surface area contributed by atoms with Gasteiger partial charge in [0, 0.05) is 18.9 Å². The maximum atomic E-state index is 12.7. The van der Waals surface area contributed by atoms with Gasteiger partial charge in [-0.3, -0.25) is 9.78 Å². The number of carbonyl (C=O) groups is 1. The van der Waals surface area contributed by atoms with Crippen molar-refractivity contribution in [3.63, 3.8) is 0 Å². The van der Waals surface area contributed by atoms with E-state index in [1.165, 1.54) is 6.20 Å². The number of carbonyl (C=O) groups excluding carboxylic acids is 1. The first kappa shape index (κ1) is 15.9. The maximum absolute atomic E-state index is 12.7. The molecular weight excluding hydrogens is 306 g/mol. The summed E-state index contributed by atoms with van der Waals surface area (Å²) in [5, 5.41) is 6.68. The molecule has 0 radical (unpaired) electrons. The number of nitrogens with one attached hydrogen (secondary N) is 1. The van der Waals surface area contributed by atoms with Gasteiger partial charge in [-0.15, -0.1) is 0 Å². The third-order valence-corrected chi connectivity index (χ3v) is 3.53. The van der Waals surface area contributed by atoms with Gasteiger partial charge < -0.3 is 14.6 Å². The van der Waals surface area contributed by atoms with Crippen LogP contribution in [0.15, 0.2) is 65.4 Å². The third-order valence-electron chi connectivity index (χ3n) is 3.53. The summed E-state index contributed by atoms with van der Waals surface area (Å²) >= 11 is 0. The number of ether oxygens (including phenoxy) is 1. The molecule has 0 bridgehead atoms. The van der Waals surface area contributed by atoms with Crippen LogP contribution in [0.5, 0.6) is 0 Å². The summed E-state index contributed by atoms with van der Waals surface area (Å²) in [5.74, 6) is 0.146. The van der Waals surface area contributed by atoms with Crippen LogP contribution in [0.1, 0.15) is 22.1 Å². The maximum Gasteiger partial charge on any atom is 0.257 e. The SMILES string of the molecule is COC[C@@H](NC(=O)c1cnoc1-c1ccccc1)c1ccccn1. The van der Waals surface area contributed by atoms with Gasteiger partial charge in [0.1, 0.15) is 5.56 Å². The molecule has 3 aromatic rings. The van der Waals surface area contributed by atoms with E-state index in [9.17, 15) is 4.79 Å². The van der Waals surface area contributed by atoms with Crippen LogP contribution < -0.4 is 5.32 Å². The highest BCUT2D eigenvalue weighted by Gasteiger charge is 2.22. The van der Waals surface area contributed by atoms with Crippen molar-refractivity contribution >= 4 is 5.91 Å². The fourth-order valence-corrected chi connectivity index (χ4v) is 2.38. The summed E-state index contributed by atoms with van der Waals surface area (Å²) in [5.41, 5.74) is 1.89. The van der Waals surface area contributed by atoms with Crippen molar-refractivity contribution < 1.29 is 14.1 Å². The van der Waals surface area contributed by atoms with E-state index in [1.54, 1.807) is 13.3 Å². The molecule has 1 aromatic carbocycles. The van der Waals surface area contributed by atoms with Crippen LogP contribution in [0.4, 0.5) is 0 Å². The average Bonchev–Trinajstić information content (AvgIpc) is 3.13. The van der Waals surface area contributed by atoms with Crippen LogP contribution in [-0.4, -0.2) is 29.8 Å². The van der Waals surface area contributed by atoms with Gasteiger partial charge in [0.15, 0.2) is 5.76 Å². The highest BCUT2D eigenvalue weighted by atomic mass is 16.5. The molecule has 0 saturated carbocycles. The average molecular weight is 323 g/mol. The normalized spacial score (nSPS) is 11.9. The van der Waals surface area contributed by atoms with Crippen molar-refractivity contribution in [1.29, 1.82) is 0 Å². The largest absolute Gasteiger partial charge is 0.382 e. The molecule has 122 valence electrons. The molecule has 6 heteroatoms. The summed E-state index contributed by atoms with van der Waals surface area (Å²) in [7, 11) is 1.58. The first-order valence-corrected chi connectivity index (χ1v) is 7.50. The minimum atomic E-state index is -0.359. The number of nitrogens with zero attached hydrogens (tertiary/aromatic N) is 2. The van der Waals surface area contributed by atoms with Gasteiger partial charge in [-0.25, -0.2) is 0 Å². The molecule has 0 aliphatic rings. The summed E-state index contributed by atoms with van der Waals surface area (Å²) in [6, 6.07) is 14.6. The predicted molar refractivity (Wildman–Crippen MR) is 88.3 cm³/mol. The molecule has 0 aliphatic carbocycles. The zero-order valence-corrected chi connectivity index (χ0v) is 13.2. The standard InChI is InChI=1S/C18H17N3O3/c1-23-12-16(15-9-5-6-10-19-15)21-18(22)14-11-20-24-17(14)13-7-3-2-4-8-13/h2-11,16H,12H2,1H3,(H,21,22)/t16-/m1/s1. The number of methoxy groups -OCH3 is 1. The molecular formula is C18H17N3O3. The molecule has 6 nitrogen and oxygen atoms in total. The second kappa shape index (κ2) is 7.52. The predicted octanol–water partition coefficient (Wildman–Crippen LogP) is 2.85. The Labute approximate surface area is 139 Å². The van der Waals surface area contributed by atoms with Gasteiger partial charge in [0.25, 0.3) is 5.91 Å². The smallest absolute Gasteiger partial charge is 0.257 e. The second-order valence-electron chi connectivity index (χ2n) is 5.17. The minimum absolute atomic E-state index is 0.289. The van der Waals surface area contributed by atoms with E-state index >= 15 is 0 Å². The minimum Gasteiger partial charge on any atom is -0.382 e. The number of pyridine rings is 1. The summed E-state index contributed by atoms with van der Waals surface area (Å²) < 4.78 is 10.5. The van der Waals surface area contributed by atoms with Gasteiger partial charge in [-0.1, -0.05) is 41.6 Å². The Kier molecular flexibility index (Phi) is 4.98. The Morgan fingerprint density at radius 1 is 1.21 bits per heavy atom. The number of aromatic nitrogens is 2. The van der Waals surface area contributed by atoms with Gasteiger partial charge >= 0.3 is 0 Å². The third kappa shape index (κ3) is 3.49. The van der Waals surface area contributed by atoms with E-state index in [1.807, 2.05) is 48.5 Å². The van der Waals surface area contributed by atoms with Gasteiger partial charge in [-0.2, -0.15) is 0 Å². The molecule has 24 heavy (non-hydrogen) atoms. The number of rotatable bonds is 6. The van der Waals surface area contributed by atoms with E-state index < -0.39 is 0 Å². The lowest BCUT2D eigenvalue weighted by Crippen LogP contribution is -2.32. The Bertz CT molecular complexity index is 788. The van der Waals surface area contributed by atoms with Gasteiger partial charge in [0.05, 0.1) is 24.5 Å². The van der Waals surface area contributed by atoms with Crippen LogP contribution in [0, 0.1) is 0 Å². The van der Waals surface area contributed by atoms with E-state index in [-0.39, 0.29) is 11.9 Å². The van der Waals surface area contributed by atoms with Crippen molar-refractivity contribution in [2.45, 2.75) is 6.04 Å². The first-order valence-electron chi connectivity index (χ1n) is 7.50. The molecule has 0 aliphatic heterocycles. The summed E-state index contributed by atoms with van der Waals surface area (Å²) in [6.07, 6.45) is 3.10. The Morgan fingerprint density at radius 2 is 2.00 bits per heavy atom. The van der Waals surface area contributed by atoms with Crippen LogP contribution in [0.25, 0.3) is 11.3 Å². The number of hydrogen-bond acceptors (Lipinski definition) is 5. The summed E-state index contributed by atoms with van der Waals surface area (Å²) in [6.45, 7) is 0.314. The van der Waals surface area contributed by atoms with Crippen molar-refractivity contribution in [1.82, 2.24) is 15.5 Å². The zero-order chi connectivity index (χ0) is 16.8. The van der Waals surface area contributed by atoms with E-state index in [0.29, 0.717) is 17.9 Å². The first-order chi connectivity index (χ1) is 11.8. The molecule has 0 saturated heterocycles. The van der Waals surface area contributed by atoms with Crippen molar-refractivity contribution in [2.75, 3.05) is 13.7 Å². The van der Waals surface area contributed by atoms with E-state index in [0.717, 1.165) is 11.3 Å². The fraction of sp³-hybridized carbons (Fsp3) is 0.167. The lowest BCUT2D eigenvalue weighted by molar-refractivity contribution is 0.0894. The molecule has 2 aromatic heterocycles. The monoisotopic (exact) mass is 323 g/mol. The zero-order valence-electron chi connectivity index (χ0n) is 13.2. The van der Waals surface area contributed by atoms with Crippen LogP contribution >= 0.6 is 0 Å². The Balaban J connectivity index is 1.83. The van der Waals surface area contributed by atoms with Crippen molar-refractivity contribution in [3.8, 4) is 11.3 Å². The fourth-order valence-electron chi connectivity index (χ4n) is 2.38. The van der Waals surface area contributed by atoms with Crippen molar-refractivity contribution in [3.05, 3.63) is 72.2 Å². The number of amides is 1. The Morgan fingerprint density at radius 3 is 2.71 bits per heavy atom. The molecule has 1 atom stereocenters. The van der Waals surface area contributed by atoms with Crippen LogP contribution in [0.3, 0.4) is 0 Å². The highest BCUT2D eigenvalue weighted by Crippen LogP contribution is 2.23. The molecule has 3 rings (SSSR count). The van der Waals surface area contributed by atoms with E-state index in [4.69, 9.17) is 9.26 Å². The Hall–Kier alpha value is -2.99. The second-order valence-corrected chi connectivity index (χ2v) is 5.17. The number of hydrogen-bond donors (Lipinski definition) is 1. The molecule has 0 fully saturated rings. The van der Waals surface area contributed by atoms with Crippen LogP contribution in [0.2, 0.25) is 0 Å². The lowest BCUT2D eigenvalue weighted by atomic mass is 10.1.